The SMILES string of the molecule is COc1ccc(CNc2nnc(Cl)c3cc(F)ccc23)cc1. The first kappa shape index (κ1) is 14.5. The van der Waals surface area contributed by atoms with Gasteiger partial charge in [0.25, 0.3) is 0 Å². The molecule has 1 aromatic heterocycles. The van der Waals surface area contributed by atoms with Crippen LogP contribution in [0.3, 0.4) is 0 Å². The van der Waals surface area contributed by atoms with Crippen LogP contribution in [-0.4, -0.2) is 17.3 Å². The van der Waals surface area contributed by atoms with E-state index in [1.165, 1.54) is 12.1 Å². The van der Waals surface area contributed by atoms with Crippen LogP contribution in [0, 0.1) is 5.82 Å². The second kappa shape index (κ2) is 6.15. The number of rotatable bonds is 4. The van der Waals surface area contributed by atoms with Crippen molar-refractivity contribution in [1.82, 2.24) is 10.2 Å². The Hall–Kier alpha value is -2.40. The summed E-state index contributed by atoms with van der Waals surface area (Å²) in [6.45, 7) is 0.562. The molecular formula is C16H13ClFN3O. The highest BCUT2D eigenvalue weighted by Gasteiger charge is 2.09. The van der Waals surface area contributed by atoms with Gasteiger partial charge in [-0.3, -0.25) is 0 Å². The summed E-state index contributed by atoms with van der Waals surface area (Å²) in [4.78, 5) is 0. The van der Waals surface area contributed by atoms with E-state index in [4.69, 9.17) is 16.3 Å². The number of aromatic nitrogens is 2. The van der Waals surface area contributed by atoms with Crippen LogP contribution in [0.25, 0.3) is 10.8 Å². The highest BCUT2D eigenvalue weighted by molar-refractivity contribution is 6.34. The fraction of sp³-hybridized carbons (Fsp3) is 0.125. The number of methoxy groups -OCH3 is 1. The lowest BCUT2D eigenvalue weighted by atomic mass is 10.1. The number of nitrogens with one attached hydrogen (secondary N) is 1. The van der Waals surface area contributed by atoms with Crippen molar-refractivity contribution in [1.29, 1.82) is 0 Å². The molecule has 4 nitrogen and oxygen atoms in total. The van der Waals surface area contributed by atoms with E-state index in [9.17, 15) is 4.39 Å². The lowest BCUT2D eigenvalue weighted by Gasteiger charge is -2.09. The predicted molar refractivity (Wildman–Crippen MR) is 84.8 cm³/mol. The Morgan fingerprint density at radius 1 is 1.09 bits per heavy atom. The van der Waals surface area contributed by atoms with Crippen LogP contribution >= 0.6 is 11.6 Å². The summed E-state index contributed by atoms with van der Waals surface area (Å²) in [6.07, 6.45) is 0. The zero-order valence-electron chi connectivity index (χ0n) is 11.8. The van der Waals surface area contributed by atoms with Crippen molar-refractivity contribution >= 4 is 28.2 Å². The van der Waals surface area contributed by atoms with E-state index in [1.807, 2.05) is 24.3 Å². The largest absolute Gasteiger partial charge is 0.497 e. The molecule has 3 aromatic rings. The van der Waals surface area contributed by atoms with Crippen molar-refractivity contribution in [2.45, 2.75) is 6.54 Å². The first-order chi connectivity index (χ1) is 10.7. The first-order valence-corrected chi connectivity index (χ1v) is 7.03. The topological polar surface area (TPSA) is 47.0 Å². The van der Waals surface area contributed by atoms with Crippen LogP contribution in [0.15, 0.2) is 42.5 Å². The fourth-order valence-electron chi connectivity index (χ4n) is 2.16. The average molecular weight is 318 g/mol. The van der Waals surface area contributed by atoms with E-state index in [0.717, 1.165) is 16.7 Å². The maximum absolute atomic E-state index is 13.3. The number of nitrogens with zero attached hydrogens (tertiary/aromatic N) is 2. The summed E-state index contributed by atoms with van der Waals surface area (Å²) in [5.41, 5.74) is 1.06. The molecule has 0 aliphatic heterocycles. The Morgan fingerprint density at radius 2 is 1.86 bits per heavy atom. The molecule has 2 aromatic carbocycles. The van der Waals surface area contributed by atoms with Gasteiger partial charge in [0.1, 0.15) is 11.6 Å². The molecule has 0 spiro atoms. The van der Waals surface area contributed by atoms with Gasteiger partial charge < -0.3 is 10.1 Å². The predicted octanol–water partition coefficient (Wildman–Crippen LogP) is 4.04. The summed E-state index contributed by atoms with van der Waals surface area (Å²) in [6, 6.07) is 12.1. The third-order valence-electron chi connectivity index (χ3n) is 3.32. The minimum Gasteiger partial charge on any atom is -0.497 e. The summed E-state index contributed by atoms with van der Waals surface area (Å²) in [7, 11) is 1.63. The smallest absolute Gasteiger partial charge is 0.159 e. The molecule has 1 N–H and O–H groups in total. The molecule has 0 amide bonds. The van der Waals surface area contributed by atoms with E-state index in [2.05, 4.69) is 15.5 Å². The molecule has 6 heteroatoms. The van der Waals surface area contributed by atoms with Crippen molar-refractivity contribution in [2.75, 3.05) is 12.4 Å². The Morgan fingerprint density at radius 3 is 2.59 bits per heavy atom. The molecule has 22 heavy (non-hydrogen) atoms. The molecule has 0 radical (unpaired) electrons. The number of ether oxygens (including phenoxy) is 1. The van der Waals surface area contributed by atoms with Gasteiger partial charge in [0, 0.05) is 17.3 Å². The third-order valence-corrected chi connectivity index (χ3v) is 3.59. The Bertz CT molecular complexity index is 808. The molecule has 0 aliphatic carbocycles. The van der Waals surface area contributed by atoms with Gasteiger partial charge >= 0.3 is 0 Å². The van der Waals surface area contributed by atoms with Crippen molar-refractivity contribution in [2.24, 2.45) is 0 Å². The minimum atomic E-state index is -0.358. The molecule has 0 aliphatic rings. The maximum Gasteiger partial charge on any atom is 0.159 e. The summed E-state index contributed by atoms with van der Waals surface area (Å²) in [5.74, 6) is 1.01. The van der Waals surface area contributed by atoms with Gasteiger partial charge in [-0.25, -0.2) is 4.39 Å². The third kappa shape index (κ3) is 2.94. The summed E-state index contributed by atoms with van der Waals surface area (Å²) < 4.78 is 18.5. The van der Waals surface area contributed by atoms with E-state index in [0.29, 0.717) is 17.7 Å². The van der Waals surface area contributed by atoms with Crippen LogP contribution in [0.1, 0.15) is 5.56 Å². The Labute approximate surface area is 131 Å². The first-order valence-electron chi connectivity index (χ1n) is 6.65. The monoisotopic (exact) mass is 317 g/mol. The number of fused-ring (bicyclic) bond motifs is 1. The molecule has 0 saturated heterocycles. The van der Waals surface area contributed by atoms with E-state index in [-0.39, 0.29) is 11.0 Å². The Balaban J connectivity index is 1.85. The molecular weight excluding hydrogens is 305 g/mol. The average Bonchev–Trinajstić information content (AvgIpc) is 2.55. The number of anilines is 1. The zero-order valence-corrected chi connectivity index (χ0v) is 12.6. The van der Waals surface area contributed by atoms with Crippen LogP contribution < -0.4 is 10.1 Å². The van der Waals surface area contributed by atoms with Crippen molar-refractivity contribution in [3.05, 3.63) is 59.0 Å². The standard InChI is InChI=1S/C16H13ClFN3O/c1-22-12-5-2-10(3-6-12)9-19-16-13-7-4-11(18)8-14(13)15(17)20-21-16/h2-8H,9H2,1H3,(H,19,21). The van der Waals surface area contributed by atoms with Gasteiger partial charge in [-0.15, -0.1) is 10.2 Å². The number of hydrogen-bond donors (Lipinski definition) is 1. The van der Waals surface area contributed by atoms with Gasteiger partial charge in [-0.2, -0.15) is 0 Å². The molecule has 1 heterocycles. The Kier molecular flexibility index (Phi) is 4.06. The van der Waals surface area contributed by atoms with Gasteiger partial charge in [-0.1, -0.05) is 23.7 Å². The van der Waals surface area contributed by atoms with E-state index >= 15 is 0 Å². The van der Waals surface area contributed by atoms with Crippen molar-refractivity contribution in [3.63, 3.8) is 0 Å². The summed E-state index contributed by atoms with van der Waals surface area (Å²) >= 11 is 5.97. The minimum absolute atomic E-state index is 0.185. The van der Waals surface area contributed by atoms with Crippen LogP contribution in [0.2, 0.25) is 5.15 Å². The normalized spacial score (nSPS) is 10.7. The van der Waals surface area contributed by atoms with Crippen LogP contribution in [-0.2, 0) is 6.54 Å². The molecule has 0 saturated carbocycles. The van der Waals surface area contributed by atoms with Gasteiger partial charge in [0.15, 0.2) is 11.0 Å². The fourth-order valence-corrected chi connectivity index (χ4v) is 2.35. The highest BCUT2D eigenvalue weighted by Crippen LogP contribution is 2.27. The maximum atomic E-state index is 13.3. The molecule has 0 atom stereocenters. The highest BCUT2D eigenvalue weighted by atomic mass is 35.5. The van der Waals surface area contributed by atoms with E-state index < -0.39 is 0 Å². The lowest BCUT2D eigenvalue weighted by Crippen LogP contribution is -2.03. The molecule has 3 rings (SSSR count). The number of halogens is 2. The molecule has 0 fully saturated rings. The van der Waals surface area contributed by atoms with Crippen LogP contribution in [0.4, 0.5) is 10.2 Å². The second-order valence-electron chi connectivity index (χ2n) is 4.73. The quantitative estimate of drug-likeness (QED) is 0.789. The van der Waals surface area contributed by atoms with Crippen LogP contribution in [0.5, 0.6) is 5.75 Å². The molecule has 0 bridgehead atoms. The summed E-state index contributed by atoms with van der Waals surface area (Å²) in [5, 5.41) is 12.5. The van der Waals surface area contributed by atoms with Crippen molar-refractivity contribution in [3.8, 4) is 5.75 Å². The van der Waals surface area contributed by atoms with E-state index in [1.54, 1.807) is 13.2 Å². The molecule has 112 valence electrons. The van der Waals surface area contributed by atoms with Crippen molar-refractivity contribution < 1.29 is 9.13 Å². The van der Waals surface area contributed by atoms with Gasteiger partial charge in [-0.05, 0) is 35.9 Å². The number of benzene rings is 2. The molecule has 0 unspecified atom stereocenters. The lowest BCUT2D eigenvalue weighted by molar-refractivity contribution is 0.414. The number of hydrogen-bond acceptors (Lipinski definition) is 4. The second-order valence-corrected chi connectivity index (χ2v) is 5.09. The van der Waals surface area contributed by atoms with Gasteiger partial charge in [0.2, 0.25) is 0 Å². The zero-order chi connectivity index (χ0) is 15.5. The van der Waals surface area contributed by atoms with Gasteiger partial charge in [0.05, 0.1) is 7.11 Å².